The number of pyridine rings is 1. The summed E-state index contributed by atoms with van der Waals surface area (Å²) in [5.74, 6) is 4.48. The largest absolute Gasteiger partial charge is 0.312 e. The number of hydrogen-bond donors (Lipinski definition) is 0. The molecule has 106 valence electrons. The van der Waals surface area contributed by atoms with Crippen LogP contribution in [0.5, 0.6) is 0 Å². The van der Waals surface area contributed by atoms with Crippen molar-refractivity contribution in [1.82, 2.24) is 14.5 Å². The molecule has 2 bridgehead atoms. The quantitative estimate of drug-likeness (QED) is 0.805. The minimum Gasteiger partial charge on any atom is -0.312 e. The minimum atomic E-state index is 0.625. The van der Waals surface area contributed by atoms with Gasteiger partial charge in [-0.2, -0.15) is 0 Å². The Morgan fingerprint density at radius 2 is 2.25 bits per heavy atom. The number of imidazole rings is 1. The van der Waals surface area contributed by atoms with Crippen LogP contribution in [0.4, 0.5) is 0 Å². The van der Waals surface area contributed by atoms with Crippen molar-refractivity contribution in [3.8, 4) is 0 Å². The first-order valence-corrected chi connectivity index (χ1v) is 8.24. The normalized spacial score (nSPS) is 28.6. The van der Waals surface area contributed by atoms with Gasteiger partial charge >= 0.3 is 0 Å². The molecule has 2 heterocycles. The lowest BCUT2D eigenvalue weighted by molar-refractivity contribution is 0.295. The van der Waals surface area contributed by atoms with Gasteiger partial charge in [0.2, 0.25) is 0 Å². The first kappa shape index (κ1) is 12.6. The number of nitrogens with zero attached hydrogens (tertiary/aromatic N) is 3. The van der Waals surface area contributed by atoms with E-state index in [1.807, 2.05) is 12.3 Å². The van der Waals surface area contributed by atoms with E-state index in [-0.39, 0.29) is 0 Å². The number of alkyl halides is 1. The van der Waals surface area contributed by atoms with Crippen LogP contribution in [0.15, 0.2) is 18.3 Å². The molecule has 0 aromatic carbocycles. The first-order chi connectivity index (χ1) is 9.85. The topological polar surface area (TPSA) is 30.7 Å². The Bertz CT molecular complexity index is 621. The van der Waals surface area contributed by atoms with Crippen molar-refractivity contribution < 1.29 is 0 Å². The second-order valence-electron chi connectivity index (χ2n) is 6.36. The molecular weight excluding hydrogens is 270 g/mol. The molecule has 2 saturated carbocycles. The Labute approximate surface area is 124 Å². The maximum atomic E-state index is 5.94. The number of hydrogen-bond acceptors (Lipinski definition) is 2. The molecule has 2 aliphatic rings. The minimum absolute atomic E-state index is 0.625. The van der Waals surface area contributed by atoms with E-state index >= 15 is 0 Å². The molecule has 20 heavy (non-hydrogen) atoms. The summed E-state index contributed by atoms with van der Waals surface area (Å²) in [7, 11) is 0. The number of aromatic nitrogens is 3. The molecule has 0 radical (unpaired) electrons. The molecule has 4 rings (SSSR count). The average Bonchev–Trinajstić information content (AvgIpc) is 3.15. The van der Waals surface area contributed by atoms with Gasteiger partial charge in [0.05, 0.1) is 0 Å². The van der Waals surface area contributed by atoms with E-state index in [1.165, 1.54) is 25.7 Å². The lowest BCUT2D eigenvalue weighted by Crippen LogP contribution is -2.19. The van der Waals surface area contributed by atoms with Crippen LogP contribution < -0.4 is 0 Å². The van der Waals surface area contributed by atoms with Crippen molar-refractivity contribution in [2.24, 2.45) is 17.8 Å². The van der Waals surface area contributed by atoms with Gasteiger partial charge in [0.1, 0.15) is 11.3 Å². The lowest BCUT2D eigenvalue weighted by Gasteiger charge is -2.23. The summed E-state index contributed by atoms with van der Waals surface area (Å²) in [6.45, 7) is 1.08. The van der Waals surface area contributed by atoms with Gasteiger partial charge < -0.3 is 4.57 Å². The highest BCUT2D eigenvalue weighted by Gasteiger charge is 2.39. The SMILES string of the molecule is ClCCc1nc2cccnc2n1CC1CC2CCC1C2. The fourth-order valence-corrected chi connectivity index (χ4v) is 4.48. The van der Waals surface area contributed by atoms with E-state index in [9.17, 15) is 0 Å². The zero-order chi connectivity index (χ0) is 13.5. The molecular formula is C16H20ClN3. The zero-order valence-corrected chi connectivity index (χ0v) is 12.4. The van der Waals surface area contributed by atoms with Crippen molar-refractivity contribution in [1.29, 1.82) is 0 Å². The monoisotopic (exact) mass is 289 g/mol. The smallest absolute Gasteiger partial charge is 0.159 e. The molecule has 2 aromatic rings. The molecule has 0 amide bonds. The molecule has 4 heteroatoms. The van der Waals surface area contributed by atoms with Crippen LogP contribution in [0.1, 0.15) is 31.5 Å². The lowest BCUT2D eigenvalue weighted by atomic mass is 9.89. The predicted octanol–water partition coefficient (Wildman–Crippen LogP) is 3.65. The van der Waals surface area contributed by atoms with Gasteiger partial charge in [-0.25, -0.2) is 9.97 Å². The van der Waals surface area contributed by atoms with Crippen LogP contribution in [0.3, 0.4) is 0 Å². The molecule has 0 saturated heterocycles. The van der Waals surface area contributed by atoms with Crippen LogP contribution in [0.25, 0.3) is 11.2 Å². The van der Waals surface area contributed by atoms with Crippen LogP contribution >= 0.6 is 11.6 Å². The van der Waals surface area contributed by atoms with Gasteiger partial charge in [0.15, 0.2) is 5.65 Å². The third-order valence-electron chi connectivity index (χ3n) is 5.20. The summed E-state index contributed by atoms with van der Waals surface area (Å²) >= 11 is 5.94. The van der Waals surface area contributed by atoms with Crippen molar-refractivity contribution in [2.75, 3.05) is 5.88 Å². The number of rotatable bonds is 4. The summed E-state index contributed by atoms with van der Waals surface area (Å²) in [6.07, 6.45) is 8.44. The Morgan fingerprint density at radius 1 is 1.30 bits per heavy atom. The Morgan fingerprint density at radius 3 is 3.00 bits per heavy atom. The number of fused-ring (bicyclic) bond motifs is 3. The summed E-state index contributed by atoms with van der Waals surface area (Å²) in [5.41, 5.74) is 2.05. The van der Waals surface area contributed by atoms with E-state index in [0.717, 1.165) is 47.7 Å². The van der Waals surface area contributed by atoms with Crippen LogP contribution in [-0.4, -0.2) is 20.4 Å². The highest BCUT2D eigenvalue weighted by molar-refractivity contribution is 6.17. The maximum Gasteiger partial charge on any atom is 0.159 e. The molecule has 0 spiro atoms. The van der Waals surface area contributed by atoms with Gasteiger partial charge in [-0.05, 0) is 49.1 Å². The van der Waals surface area contributed by atoms with Crippen LogP contribution in [-0.2, 0) is 13.0 Å². The molecule has 0 N–H and O–H groups in total. The molecule has 2 aliphatic carbocycles. The fourth-order valence-electron chi connectivity index (χ4n) is 4.31. The van der Waals surface area contributed by atoms with E-state index in [0.29, 0.717) is 5.88 Å². The second-order valence-corrected chi connectivity index (χ2v) is 6.74. The Balaban J connectivity index is 1.68. The van der Waals surface area contributed by atoms with Crippen LogP contribution in [0.2, 0.25) is 0 Å². The summed E-state index contributed by atoms with van der Waals surface area (Å²) < 4.78 is 2.34. The number of halogens is 1. The standard InChI is InChI=1S/C16H20ClN3/c17-6-5-15-19-14-2-1-7-18-16(14)20(15)10-13-9-11-3-4-12(13)8-11/h1-2,7,11-13H,3-6,8-10H2. The molecule has 3 atom stereocenters. The van der Waals surface area contributed by atoms with E-state index in [2.05, 4.69) is 15.6 Å². The fraction of sp³-hybridized carbons (Fsp3) is 0.625. The average molecular weight is 290 g/mol. The van der Waals surface area contributed by atoms with Gasteiger partial charge in [-0.1, -0.05) is 6.42 Å². The first-order valence-electron chi connectivity index (χ1n) is 7.71. The van der Waals surface area contributed by atoms with Gasteiger partial charge in [0.25, 0.3) is 0 Å². The maximum absolute atomic E-state index is 5.94. The summed E-state index contributed by atoms with van der Waals surface area (Å²) in [5, 5.41) is 0. The predicted molar refractivity (Wildman–Crippen MR) is 80.9 cm³/mol. The molecule has 2 fully saturated rings. The van der Waals surface area contributed by atoms with Gasteiger partial charge in [-0.15, -0.1) is 11.6 Å². The number of aryl methyl sites for hydroxylation is 1. The second kappa shape index (κ2) is 5.03. The Hall–Kier alpha value is -1.09. The van der Waals surface area contributed by atoms with E-state index in [4.69, 9.17) is 16.6 Å². The third-order valence-corrected chi connectivity index (χ3v) is 5.39. The molecule has 2 aromatic heterocycles. The van der Waals surface area contributed by atoms with E-state index < -0.39 is 0 Å². The molecule has 3 unspecified atom stereocenters. The molecule has 0 aliphatic heterocycles. The van der Waals surface area contributed by atoms with E-state index in [1.54, 1.807) is 0 Å². The van der Waals surface area contributed by atoms with Crippen molar-refractivity contribution in [3.63, 3.8) is 0 Å². The van der Waals surface area contributed by atoms with Crippen molar-refractivity contribution in [3.05, 3.63) is 24.2 Å². The van der Waals surface area contributed by atoms with Crippen molar-refractivity contribution in [2.45, 2.75) is 38.6 Å². The summed E-state index contributed by atoms with van der Waals surface area (Å²) in [6, 6.07) is 4.01. The Kier molecular flexibility index (Phi) is 3.18. The highest BCUT2D eigenvalue weighted by Crippen LogP contribution is 2.49. The summed E-state index contributed by atoms with van der Waals surface area (Å²) in [4.78, 5) is 9.27. The van der Waals surface area contributed by atoms with Crippen molar-refractivity contribution >= 4 is 22.8 Å². The molecule has 3 nitrogen and oxygen atoms in total. The third kappa shape index (κ3) is 2.03. The van der Waals surface area contributed by atoms with Crippen LogP contribution in [0, 0.1) is 17.8 Å². The highest BCUT2D eigenvalue weighted by atomic mass is 35.5. The van der Waals surface area contributed by atoms with Gasteiger partial charge in [0, 0.05) is 25.0 Å². The van der Waals surface area contributed by atoms with Gasteiger partial charge in [-0.3, -0.25) is 0 Å². The zero-order valence-electron chi connectivity index (χ0n) is 11.6.